The first-order chi connectivity index (χ1) is 6.38. The lowest BCUT2D eigenvalue weighted by Crippen LogP contribution is -2.09. The molecule has 0 N–H and O–H groups in total. The predicted molar refractivity (Wildman–Crippen MR) is 52.2 cm³/mol. The predicted octanol–water partition coefficient (Wildman–Crippen LogP) is 3.99. The summed E-state index contributed by atoms with van der Waals surface area (Å²) in [5, 5.41) is 0. The summed E-state index contributed by atoms with van der Waals surface area (Å²) in [6, 6.07) is 3.56. The van der Waals surface area contributed by atoms with Crippen LogP contribution in [0.5, 0.6) is 0 Å². The Balaban J connectivity index is 2.97. The van der Waals surface area contributed by atoms with E-state index in [1.807, 2.05) is 0 Å². The van der Waals surface area contributed by atoms with E-state index < -0.39 is 12.8 Å². The maximum atomic E-state index is 12.6. The van der Waals surface area contributed by atoms with Gasteiger partial charge in [0.05, 0.1) is 0 Å². The van der Waals surface area contributed by atoms with E-state index in [-0.39, 0.29) is 11.5 Å². The normalized spacial score (nSPS) is 12.4. The van der Waals surface area contributed by atoms with Gasteiger partial charge in [0, 0.05) is 4.47 Å². The molecule has 0 fully saturated rings. The molecule has 0 unspecified atom stereocenters. The van der Waals surface area contributed by atoms with Crippen molar-refractivity contribution in [3.8, 4) is 0 Å². The van der Waals surface area contributed by atoms with Crippen LogP contribution in [-0.2, 0) is 0 Å². The molecule has 76 valence electrons. The van der Waals surface area contributed by atoms with Crippen molar-refractivity contribution in [2.75, 3.05) is 0 Å². The van der Waals surface area contributed by atoms with Crippen molar-refractivity contribution in [1.29, 1.82) is 0 Å². The lowest BCUT2D eigenvalue weighted by Gasteiger charge is -2.06. The van der Waals surface area contributed by atoms with Crippen LogP contribution in [0.2, 0.25) is 0 Å². The Morgan fingerprint density at radius 3 is 2.43 bits per heavy atom. The fourth-order valence-electron chi connectivity index (χ4n) is 0.855. The highest BCUT2D eigenvalue weighted by atomic mass is 79.9. The van der Waals surface area contributed by atoms with Crippen LogP contribution in [0.15, 0.2) is 28.6 Å². The molecule has 0 saturated carbocycles. The lowest BCUT2D eigenvalue weighted by molar-refractivity contribution is 0.499. The van der Waals surface area contributed by atoms with Crippen molar-refractivity contribution >= 4 is 29.0 Å². The molecule has 0 saturated heterocycles. The van der Waals surface area contributed by atoms with E-state index >= 15 is 0 Å². The Morgan fingerprint density at radius 2 is 1.86 bits per heavy atom. The van der Waals surface area contributed by atoms with Crippen LogP contribution in [0.1, 0.15) is 5.56 Å². The summed E-state index contributed by atoms with van der Waals surface area (Å²) in [5.41, 5.74) is 0.171. The van der Waals surface area contributed by atoms with E-state index in [0.717, 1.165) is 12.1 Å². The maximum absolute atomic E-state index is 12.6. The summed E-state index contributed by atoms with van der Waals surface area (Å²) in [7, 11) is 0. The summed E-state index contributed by atoms with van der Waals surface area (Å²) in [4.78, 5) is 0. The van der Waals surface area contributed by atoms with Gasteiger partial charge in [-0.2, -0.15) is 0 Å². The monoisotopic (exact) mass is 267 g/mol. The maximum Gasteiger partial charge on any atom is 0.502 e. The topological polar surface area (TPSA) is 0 Å². The quantitative estimate of drug-likeness (QED) is 0.562. The zero-order valence-corrected chi connectivity index (χ0v) is 8.44. The molecule has 1 rings (SSSR count). The number of benzene rings is 1. The zero-order chi connectivity index (χ0) is 10.8. The molecule has 0 aromatic heterocycles. The first-order valence-corrected chi connectivity index (χ1v) is 4.52. The van der Waals surface area contributed by atoms with Crippen LogP contribution in [0.25, 0.3) is 6.08 Å². The van der Waals surface area contributed by atoms with Gasteiger partial charge in [0.2, 0.25) is 0 Å². The smallest absolute Gasteiger partial charge is 0.445 e. The molecule has 0 spiro atoms. The number of hydrogen-bond acceptors (Lipinski definition) is 0. The molecular formula is C8H5BBrF4-. The first-order valence-electron chi connectivity index (χ1n) is 3.73. The van der Waals surface area contributed by atoms with Crippen molar-refractivity contribution in [2.24, 2.45) is 0 Å². The Bertz CT molecular complexity index is 359. The Hall–Kier alpha value is -0.775. The van der Waals surface area contributed by atoms with Crippen molar-refractivity contribution < 1.29 is 17.3 Å². The van der Waals surface area contributed by atoms with Gasteiger partial charge in [-0.1, -0.05) is 22.0 Å². The van der Waals surface area contributed by atoms with Gasteiger partial charge in [-0.3, -0.25) is 0 Å². The summed E-state index contributed by atoms with van der Waals surface area (Å²) < 4.78 is 48.6. The molecule has 0 aliphatic heterocycles. The fourth-order valence-corrected chi connectivity index (χ4v) is 1.23. The van der Waals surface area contributed by atoms with Crippen molar-refractivity contribution in [3.05, 3.63) is 40.0 Å². The molecule has 0 aliphatic rings. The summed E-state index contributed by atoms with van der Waals surface area (Å²) in [6.07, 6.45) is 0.840. The molecule has 0 radical (unpaired) electrons. The second-order valence-corrected chi connectivity index (χ2v) is 3.50. The fraction of sp³-hybridized carbons (Fsp3) is 0. The van der Waals surface area contributed by atoms with Gasteiger partial charge in [0.25, 0.3) is 0 Å². The molecule has 0 aliphatic carbocycles. The third-order valence-electron chi connectivity index (χ3n) is 1.45. The SMILES string of the molecule is Fc1ccc(Br)c(/C=C/[B-](F)(F)F)c1. The van der Waals surface area contributed by atoms with E-state index in [4.69, 9.17) is 0 Å². The van der Waals surface area contributed by atoms with Crippen LogP contribution >= 0.6 is 15.9 Å². The molecule has 0 atom stereocenters. The highest BCUT2D eigenvalue weighted by Gasteiger charge is 2.17. The minimum atomic E-state index is -4.98. The minimum absolute atomic E-state index is 0.125. The third-order valence-corrected chi connectivity index (χ3v) is 2.17. The standard InChI is InChI=1S/C8H5BBrF4/c10-8-2-1-7(11)5-6(8)3-4-9(12,13)14/h1-5H/q-1/b4-3+. The van der Waals surface area contributed by atoms with Gasteiger partial charge < -0.3 is 12.9 Å². The van der Waals surface area contributed by atoms with Crippen molar-refractivity contribution in [1.82, 2.24) is 0 Å². The summed E-state index contributed by atoms with van der Waals surface area (Å²) >= 11 is 3.02. The van der Waals surface area contributed by atoms with Crippen LogP contribution in [-0.4, -0.2) is 6.98 Å². The minimum Gasteiger partial charge on any atom is -0.445 e. The molecule has 0 bridgehead atoms. The second kappa shape index (κ2) is 4.17. The number of halogens is 5. The van der Waals surface area contributed by atoms with E-state index in [0.29, 0.717) is 4.47 Å². The van der Waals surface area contributed by atoms with Gasteiger partial charge in [0.15, 0.2) is 0 Å². The summed E-state index contributed by atoms with van der Waals surface area (Å²) in [5.74, 6) is -0.443. The molecular weight excluding hydrogens is 263 g/mol. The molecule has 0 amide bonds. The third kappa shape index (κ3) is 3.53. The van der Waals surface area contributed by atoms with Crippen LogP contribution in [0.3, 0.4) is 0 Å². The van der Waals surface area contributed by atoms with Crippen molar-refractivity contribution in [3.63, 3.8) is 0 Å². The largest absolute Gasteiger partial charge is 0.502 e. The number of hydrogen-bond donors (Lipinski definition) is 0. The van der Waals surface area contributed by atoms with Gasteiger partial charge >= 0.3 is 6.98 Å². The van der Waals surface area contributed by atoms with Gasteiger partial charge in [-0.15, -0.1) is 5.98 Å². The average molecular weight is 268 g/mol. The van der Waals surface area contributed by atoms with Crippen LogP contribution in [0.4, 0.5) is 17.3 Å². The van der Waals surface area contributed by atoms with Crippen LogP contribution < -0.4 is 0 Å². The van der Waals surface area contributed by atoms with E-state index in [1.165, 1.54) is 12.1 Å². The molecule has 0 nitrogen and oxygen atoms in total. The number of rotatable bonds is 2. The Labute approximate surface area is 86.8 Å². The molecule has 0 heterocycles. The summed E-state index contributed by atoms with van der Waals surface area (Å²) in [6.45, 7) is -4.98. The first kappa shape index (κ1) is 11.3. The molecule has 1 aromatic carbocycles. The Morgan fingerprint density at radius 1 is 1.21 bits per heavy atom. The Kier molecular flexibility index (Phi) is 3.36. The van der Waals surface area contributed by atoms with Gasteiger partial charge in [-0.25, -0.2) is 4.39 Å². The van der Waals surface area contributed by atoms with E-state index in [1.54, 1.807) is 0 Å². The van der Waals surface area contributed by atoms with Crippen molar-refractivity contribution in [2.45, 2.75) is 0 Å². The van der Waals surface area contributed by atoms with E-state index in [2.05, 4.69) is 15.9 Å². The van der Waals surface area contributed by atoms with Crippen LogP contribution in [0, 0.1) is 5.82 Å². The van der Waals surface area contributed by atoms with Gasteiger partial charge in [0.1, 0.15) is 5.82 Å². The van der Waals surface area contributed by atoms with Gasteiger partial charge in [-0.05, 0) is 23.8 Å². The molecule has 6 heteroatoms. The average Bonchev–Trinajstić information content (AvgIpc) is 2.05. The zero-order valence-electron chi connectivity index (χ0n) is 6.85. The second-order valence-electron chi connectivity index (χ2n) is 2.65. The highest BCUT2D eigenvalue weighted by Crippen LogP contribution is 2.21. The molecule has 14 heavy (non-hydrogen) atoms. The lowest BCUT2D eigenvalue weighted by atomic mass is 9.90. The molecule has 1 aromatic rings. The van der Waals surface area contributed by atoms with E-state index in [9.17, 15) is 17.3 Å². The highest BCUT2D eigenvalue weighted by molar-refractivity contribution is 9.10.